The molecule has 1 aromatic heterocycles. The highest BCUT2D eigenvalue weighted by atomic mass is 79.9. The van der Waals surface area contributed by atoms with E-state index < -0.39 is 11.9 Å². The van der Waals surface area contributed by atoms with Crippen molar-refractivity contribution in [3.63, 3.8) is 0 Å². The average molecular weight is 327 g/mol. The number of aliphatic hydroxyl groups excluding tert-OH is 1. The number of aromatic nitrogens is 2. The summed E-state index contributed by atoms with van der Waals surface area (Å²) in [6, 6.07) is 4.58. The normalized spacial score (nSPS) is 12.7. The molecule has 0 aliphatic heterocycles. The fourth-order valence-electron chi connectivity index (χ4n) is 2.19. The van der Waals surface area contributed by atoms with Gasteiger partial charge in [-0.05, 0) is 37.6 Å². The van der Waals surface area contributed by atoms with Crippen LogP contribution in [0.3, 0.4) is 0 Å². The predicted molar refractivity (Wildman–Crippen MR) is 75.4 cm³/mol. The van der Waals surface area contributed by atoms with Crippen molar-refractivity contribution < 1.29 is 9.50 Å². The van der Waals surface area contributed by atoms with Crippen molar-refractivity contribution >= 4 is 15.9 Å². The summed E-state index contributed by atoms with van der Waals surface area (Å²) in [7, 11) is 1.86. The van der Waals surface area contributed by atoms with Gasteiger partial charge in [-0.3, -0.25) is 4.68 Å². The van der Waals surface area contributed by atoms with Gasteiger partial charge in [0.1, 0.15) is 5.82 Å². The number of aliphatic hydroxyl groups is 1. The quantitative estimate of drug-likeness (QED) is 0.940. The third-order valence-corrected chi connectivity index (χ3v) is 3.87. The summed E-state index contributed by atoms with van der Waals surface area (Å²) >= 11 is 3.29. The predicted octanol–water partition coefficient (Wildman–Crippen LogP) is 3.21. The van der Waals surface area contributed by atoms with E-state index >= 15 is 0 Å². The van der Waals surface area contributed by atoms with Crippen LogP contribution < -0.4 is 0 Å². The van der Waals surface area contributed by atoms with Crippen LogP contribution in [-0.4, -0.2) is 14.9 Å². The smallest absolute Gasteiger partial charge is 0.129 e. The van der Waals surface area contributed by atoms with Crippen LogP contribution in [0.25, 0.3) is 0 Å². The van der Waals surface area contributed by atoms with Crippen LogP contribution in [0.1, 0.15) is 28.6 Å². The van der Waals surface area contributed by atoms with Gasteiger partial charge < -0.3 is 5.11 Å². The number of benzene rings is 1. The lowest BCUT2D eigenvalue weighted by atomic mass is 10.00. The van der Waals surface area contributed by atoms with Crippen LogP contribution in [0.2, 0.25) is 0 Å². The zero-order valence-electron chi connectivity index (χ0n) is 11.1. The van der Waals surface area contributed by atoms with E-state index in [0.29, 0.717) is 12.0 Å². The zero-order valence-corrected chi connectivity index (χ0v) is 12.7. The van der Waals surface area contributed by atoms with Gasteiger partial charge in [0.25, 0.3) is 0 Å². The maximum Gasteiger partial charge on any atom is 0.129 e. The van der Waals surface area contributed by atoms with E-state index in [1.807, 2.05) is 20.9 Å². The molecule has 3 nitrogen and oxygen atoms in total. The molecule has 1 N–H and O–H groups in total. The molecule has 5 heteroatoms. The van der Waals surface area contributed by atoms with Crippen molar-refractivity contribution in [1.29, 1.82) is 0 Å². The first kappa shape index (κ1) is 14.2. The van der Waals surface area contributed by atoms with Crippen LogP contribution in [-0.2, 0) is 13.5 Å². The molecule has 1 atom stereocenters. The van der Waals surface area contributed by atoms with Gasteiger partial charge in [-0.15, -0.1) is 0 Å². The fraction of sp³-hybridized carbons (Fsp3) is 0.357. The third kappa shape index (κ3) is 2.87. The van der Waals surface area contributed by atoms with Gasteiger partial charge in [0, 0.05) is 29.2 Å². The summed E-state index contributed by atoms with van der Waals surface area (Å²) in [5, 5.41) is 14.5. The summed E-state index contributed by atoms with van der Waals surface area (Å²) in [5.74, 6) is -0.394. The van der Waals surface area contributed by atoms with Crippen LogP contribution in [0.5, 0.6) is 0 Å². The van der Waals surface area contributed by atoms with Crippen LogP contribution in [0, 0.1) is 19.7 Å². The highest BCUT2D eigenvalue weighted by molar-refractivity contribution is 9.10. The number of rotatable bonds is 3. The summed E-state index contributed by atoms with van der Waals surface area (Å²) < 4.78 is 16.3. The Bertz CT molecular complexity index is 610. The maximum atomic E-state index is 13.7. The molecule has 0 aliphatic rings. The zero-order chi connectivity index (χ0) is 14.2. The molecule has 102 valence electrons. The Morgan fingerprint density at radius 2 is 2.11 bits per heavy atom. The molecule has 2 aromatic rings. The minimum absolute atomic E-state index is 0.303. The molecule has 0 amide bonds. The van der Waals surface area contributed by atoms with E-state index in [-0.39, 0.29) is 0 Å². The molecule has 0 radical (unpaired) electrons. The number of hydrogen-bond donors (Lipinski definition) is 1. The van der Waals surface area contributed by atoms with Crippen molar-refractivity contribution in [1.82, 2.24) is 9.78 Å². The number of aryl methyl sites for hydroxylation is 2. The van der Waals surface area contributed by atoms with Crippen LogP contribution in [0.15, 0.2) is 22.7 Å². The van der Waals surface area contributed by atoms with Gasteiger partial charge in [-0.1, -0.05) is 15.9 Å². The molecule has 2 rings (SSSR count). The number of halogens is 2. The fourth-order valence-corrected chi connectivity index (χ4v) is 2.56. The number of nitrogens with zero attached hydrogens (tertiary/aromatic N) is 2. The van der Waals surface area contributed by atoms with Crippen LogP contribution in [0.4, 0.5) is 4.39 Å². The molecule has 0 fully saturated rings. The molecule has 0 aliphatic carbocycles. The maximum absolute atomic E-state index is 13.7. The Labute approximate surface area is 120 Å². The Hall–Kier alpha value is -1.20. The molecule has 1 heterocycles. The topological polar surface area (TPSA) is 38.0 Å². The minimum Gasteiger partial charge on any atom is -0.388 e. The second-order valence-electron chi connectivity index (χ2n) is 4.66. The van der Waals surface area contributed by atoms with Gasteiger partial charge in [-0.2, -0.15) is 5.10 Å². The SMILES string of the molecule is Cc1nn(C)c(C)c1CC(O)c1cc(Br)ccc1F. The minimum atomic E-state index is -0.876. The van der Waals surface area contributed by atoms with Crippen molar-refractivity contribution in [2.75, 3.05) is 0 Å². The first-order valence-corrected chi connectivity index (χ1v) is 6.81. The second-order valence-corrected chi connectivity index (χ2v) is 5.57. The van der Waals surface area contributed by atoms with E-state index in [1.165, 1.54) is 6.07 Å². The number of hydrogen-bond acceptors (Lipinski definition) is 2. The lowest BCUT2D eigenvalue weighted by Gasteiger charge is -2.13. The largest absolute Gasteiger partial charge is 0.388 e. The van der Waals surface area contributed by atoms with E-state index in [1.54, 1.807) is 16.8 Å². The third-order valence-electron chi connectivity index (χ3n) is 3.37. The summed E-state index contributed by atoms with van der Waals surface area (Å²) in [5.41, 5.74) is 3.13. The van der Waals surface area contributed by atoms with Crippen molar-refractivity contribution in [2.45, 2.75) is 26.4 Å². The van der Waals surface area contributed by atoms with Gasteiger partial charge in [0.2, 0.25) is 0 Å². The molecule has 0 saturated carbocycles. The van der Waals surface area contributed by atoms with E-state index in [2.05, 4.69) is 21.0 Å². The van der Waals surface area contributed by atoms with E-state index in [0.717, 1.165) is 21.4 Å². The molecule has 19 heavy (non-hydrogen) atoms. The van der Waals surface area contributed by atoms with Gasteiger partial charge in [0.15, 0.2) is 0 Å². The van der Waals surface area contributed by atoms with Crippen molar-refractivity contribution in [3.05, 3.63) is 51.0 Å². The summed E-state index contributed by atoms with van der Waals surface area (Å²) in [4.78, 5) is 0. The monoisotopic (exact) mass is 326 g/mol. The van der Waals surface area contributed by atoms with Gasteiger partial charge in [-0.25, -0.2) is 4.39 Å². The second kappa shape index (κ2) is 5.43. The molecular weight excluding hydrogens is 311 g/mol. The Kier molecular flexibility index (Phi) is 4.06. The highest BCUT2D eigenvalue weighted by Crippen LogP contribution is 2.26. The molecule has 0 spiro atoms. The molecular formula is C14H16BrFN2O. The van der Waals surface area contributed by atoms with Crippen molar-refractivity contribution in [3.8, 4) is 0 Å². The lowest BCUT2D eigenvalue weighted by molar-refractivity contribution is 0.173. The molecule has 1 aromatic carbocycles. The lowest BCUT2D eigenvalue weighted by Crippen LogP contribution is -2.06. The van der Waals surface area contributed by atoms with E-state index in [9.17, 15) is 9.50 Å². The molecule has 1 unspecified atom stereocenters. The summed E-state index contributed by atoms with van der Waals surface area (Å²) in [6.45, 7) is 3.84. The van der Waals surface area contributed by atoms with Crippen molar-refractivity contribution in [2.24, 2.45) is 7.05 Å². The van der Waals surface area contributed by atoms with Crippen LogP contribution >= 0.6 is 15.9 Å². The molecule has 0 saturated heterocycles. The first-order valence-electron chi connectivity index (χ1n) is 6.02. The first-order chi connectivity index (χ1) is 8.90. The van der Waals surface area contributed by atoms with E-state index in [4.69, 9.17) is 0 Å². The average Bonchev–Trinajstić information content (AvgIpc) is 2.59. The standard InChI is InChI=1S/C14H16BrFN2O/c1-8-11(9(2)18(3)17-8)7-14(19)12-6-10(15)4-5-13(12)16/h4-6,14,19H,7H2,1-3H3. The Morgan fingerprint density at radius 3 is 2.68 bits per heavy atom. The van der Waals surface area contributed by atoms with Gasteiger partial charge in [0.05, 0.1) is 11.8 Å². The summed E-state index contributed by atoms with van der Waals surface area (Å²) in [6.07, 6.45) is -0.516. The highest BCUT2D eigenvalue weighted by Gasteiger charge is 2.18. The molecule has 0 bridgehead atoms. The Morgan fingerprint density at radius 1 is 1.42 bits per heavy atom. The van der Waals surface area contributed by atoms with Gasteiger partial charge >= 0.3 is 0 Å². The Balaban J connectivity index is 2.30.